The molecule has 0 bridgehead atoms. The summed E-state index contributed by atoms with van der Waals surface area (Å²) in [5.74, 6) is 0. The van der Waals surface area contributed by atoms with Crippen molar-refractivity contribution in [2.45, 2.75) is 41.5 Å². The molecule has 0 aliphatic heterocycles. The molecule has 0 heterocycles. The molecule has 0 radical (unpaired) electrons. The van der Waals surface area contributed by atoms with Crippen LogP contribution in [0.1, 0.15) is 55.6 Å². The highest BCUT2D eigenvalue weighted by Crippen LogP contribution is 2.24. The topological polar surface area (TPSA) is 95.2 Å². The van der Waals surface area contributed by atoms with Gasteiger partial charge in [-0.15, -0.1) is 0 Å². The van der Waals surface area contributed by atoms with Gasteiger partial charge >= 0.3 is 0 Å². The van der Waals surface area contributed by atoms with E-state index in [0.29, 0.717) is 0 Å². The molecule has 0 amide bonds. The second-order valence-electron chi connectivity index (χ2n) is 6.11. The summed E-state index contributed by atoms with van der Waals surface area (Å²) in [6.45, 7) is 13.3. The Balaban J connectivity index is 0.000000263. The van der Waals surface area contributed by atoms with E-state index >= 15 is 0 Å². The van der Waals surface area contributed by atoms with Gasteiger partial charge < -0.3 is 0 Å². The predicted octanol–water partition coefficient (Wildman–Crippen LogP) is 4.71. The fraction of sp³-hybridized carbons (Fsp3) is 0.273. The molecule has 0 aliphatic rings. The van der Waals surface area contributed by atoms with E-state index in [1.165, 1.54) is 45.5 Å². The maximum Gasteiger partial charge on any atom is 0.102 e. The lowest BCUT2D eigenvalue weighted by atomic mass is 9.90. The van der Waals surface area contributed by atoms with Crippen LogP contribution in [-0.4, -0.2) is 0 Å². The van der Waals surface area contributed by atoms with Crippen LogP contribution in [0.25, 0.3) is 0 Å². The van der Waals surface area contributed by atoms with Gasteiger partial charge in [-0.2, -0.15) is 21.0 Å². The molecule has 26 heavy (non-hydrogen) atoms. The van der Waals surface area contributed by atoms with E-state index in [1.807, 2.05) is 0 Å². The zero-order chi connectivity index (χ0) is 20.0. The third-order valence-electron chi connectivity index (χ3n) is 5.04. The number of benzene rings is 2. The standard InChI is InChI=1S/C12H18.C10H2N4/c1-7-8(2)10(4)12(6)11(5)9(7)3;11-3-7-1-2-8(4-12)10(6-14)9(7)5-13/h1-6H3;1-2H. The normalized spacial score (nSPS) is 9.00. The number of nitrogens with zero attached hydrogens (tertiary/aromatic N) is 4. The third-order valence-corrected chi connectivity index (χ3v) is 5.04. The van der Waals surface area contributed by atoms with Crippen molar-refractivity contribution in [2.24, 2.45) is 0 Å². The molecule has 0 saturated heterocycles. The van der Waals surface area contributed by atoms with Gasteiger partial charge in [-0.25, -0.2) is 0 Å². The van der Waals surface area contributed by atoms with E-state index < -0.39 is 0 Å². The molecule has 0 saturated carbocycles. The van der Waals surface area contributed by atoms with Crippen molar-refractivity contribution in [1.82, 2.24) is 0 Å². The molecule has 2 aromatic carbocycles. The van der Waals surface area contributed by atoms with E-state index in [1.54, 1.807) is 24.3 Å². The number of hydrogen-bond acceptors (Lipinski definition) is 4. The van der Waals surface area contributed by atoms with Crippen LogP contribution < -0.4 is 0 Å². The van der Waals surface area contributed by atoms with Crippen LogP contribution in [0.4, 0.5) is 0 Å². The first-order valence-corrected chi connectivity index (χ1v) is 8.06. The minimum absolute atomic E-state index is 0.0333. The molecule has 2 rings (SSSR count). The number of nitriles is 4. The van der Waals surface area contributed by atoms with Crippen molar-refractivity contribution in [3.05, 3.63) is 67.8 Å². The van der Waals surface area contributed by atoms with E-state index in [4.69, 9.17) is 21.0 Å². The van der Waals surface area contributed by atoms with Crippen molar-refractivity contribution in [1.29, 1.82) is 21.0 Å². The first-order valence-electron chi connectivity index (χ1n) is 8.06. The summed E-state index contributed by atoms with van der Waals surface area (Å²) in [5, 5.41) is 34.7. The van der Waals surface area contributed by atoms with Gasteiger partial charge in [0.25, 0.3) is 0 Å². The molecule has 0 aromatic heterocycles. The van der Waals surface area contributed by atoms with Crippen molar-refractivity contribution >= 4 is 0 Å². The Morgan fingerprint density at radius 3 is 0.846 bits per heavy atom. The van der Waals surface area contributed by atoms with E-state index in [2.05, 4.69) is 41.5 Å². The molecular formula is C22H20N4. The quantitative estimate of drug-likeness (QED) is 0.693. The van der Waals surface area contributed by atoms with Crippen molar-refractivity contribution in [3.63, 3.8) is 0 Å². The lowest BCUT2D eigenvalue weighted by Crippen LogP contribution is -1.98. The summed E-state index contributed by atoms with van der Waals surface area (Å²) < 4.78 is 0. The Morgan fingerprint density at radius 2 is 0.692 bits per heavy atom. The molecule has 4 nitrogen and oxygen atoms in total. The molecule has 2 aromatic rings. The van der Waals surface area contributed by atoms with Gasteiger partial charge in [0, 0.05) is 0 Å². The summed E-state index contributed by atoms with van der Waals surface area (Å²) in [6.07, 6.45) is 0. The summed E-state index contributed by atoms with van der Waals surface area (Å²) >= 11 is 0. The highest BCUT2D eigenvalue weighted by atomic mass is 14.3. The molecule has 0 aliphatic carbocycles. The molecule has 128 valence electrons. The van der Waals surface area contributed by atoms with Crippen molar-refractivity contribution < 1.29 is 0 Å². The third kappa shape index (κ3) is 3.72. The molecule has 0 spiro atoms. The van der Waals surface area contributed by atoms with Gasteiger partial charge in [0.15, 0.2) is 0 Å². The van der Waals surface area contributed by atoms with Gasteiger partial charge in [0.1, 0.15) is 24.3 Å². The van der Waals surface area contributed by atoms with Crippen LogP contribution in [0.2, 0.25) is 0 Å². The Labute approximate surface area is 155 Å². The lowest BCUT2D eigenvalue weighted by molar-refractivity contribution is 1.13. The average molecular weight is 340 g/mol. The van der Waals surface area contributed by atoms with Gasteiger partial charge in [0.2, 0.25) is 0 Å². The van der Waals surface area contributed by atoms with Gasteiger partial charge in [-0.05, 0) is 87.1 Å². The molecule has 0 atom stereocenters. The van der Waals surface area contributed by atoms with Crippen LogP contribution in [0, 0.1) is 86.9 Å². The Kier molecular flexibility index (Phi) is 6.67. The second kappa shape index (κ2) is 8.48. The lowest BCUT2D eigenvalue weighted by Gasteiger charge is -2.15. The SMILES string of the molecule is Cc1c(C)c(C)c(C)c(C)c1C.N#Cc1ccc(C#N)c(C#N)c1C#N. The van der Waals surface area contributed by atoms with Gasteiger partial charge in [-0.1, -0.05) is 0 Å². The first-order chi connectivity index (χ1) is 12.2. The number of rotatable bonds is 0. The minimum atomic E-state index is -0.0333. The molecule has 0 N–H and O–H groups in total. The monoisotopic (exact) mass is 340 g/mol. The highest BCUT2D eigenvalue weighted by Gasteiger charge is 2.12. The molecule has 4 heteroatoms. The van der Waals surface area contributed by atoms with E-state index in [-0.39, 0.29) is 22.3 Å². The van der Waals surface area contributed by atoms with Crippen LogP contribution in [0.15, 0.2) is 12.1 Å². The molecule has 0 unspecified atom stereocenters. The van der Waals surface area contributed by atoms with Gasteiger partial charge in [0.05, 0.1) is 22.3 Å². The van der Waals surface area contributed by atoms with Crippen LogP contribution in [-0.2, 0) is 0 Å². The molecule has 0 fully saturated rings. The molecular weight excluding hydrogens is 320 g/mol. The zero-order valence-corrected chi connectivity index (χ0v) is 15.9. The maximum atomic E-state index is 8.72. The summed E-state index contributed by atoms with van der Waals surface area (Å²) in [7, 11) is 0. The van der Waals surface area contributed by atoms with Crippen LogP contribution >= 0.6 is 0 Å². The summed E-state index contributed by atoms with van der Waals surface area (Å²) in [6, 6.07) is 9.79. The first kappa shape index (κ1) is 20.4. The summed E-state index contributed by atoms with van der Waals surface area (Å²) in [5.41, 5.74) is 8.89. The Bertz CT molecular complexity index is 877. The maximum absolute atomic E-state index is 8.72. The van der Waals surface area contributed by atoms with E-state index in [0.717, 1.165) is 0 Å². The van der Waals surface area contributed by atoms with Gasteiger partial charge in [-0.3, -0.25) is 0 Å². The predicted molar refractivity (Wildman–Crippen MR) is 100 cm³/mol. The Hall–Kier alpha value is -3.60. The Morgan fingerprint density at radius 1 is 0.462 bits per heavy atom. The zero-order valence-electron chi connectivity index (χ0n) is 15.9. The average Bonchev–Trinajstić information content (AvgIpc) is 2.68. The number of hydrogen-bond donors (Lipinski definition) is 0. The van der Waals surface area contributed by atoms with Crippen LogP contribution in [0.3, 0.4) is 0 Å². The fourth-order valence-electron chi connectivity index (χ4n) is 2.71. The van der Waals surface area contributed by atoms with Crippen molar-refractivity contribution in [2.75, 3.05) is 0 Å². The second-order valence-corrected chi connectivity index (χ2v) is 6.11. The van der Waals surface area contributed by atoms with Crippen molar-refractivity contribution in [3.8, 4) is 24.3 Å². The smallest absolute Gasteiger partial charge is 0.102 e. The van der Waals surface area contributed by atoms with Crippen LogP contribution in [0.5, 0.6) is 0 Å². The minimum Gasteiger partial charge on any atom is -0.192 e. The largest absolute Gasteiger partial charge is 0.192 e. The summed E-state index contributed by atoms with van der Waals surface area (Å²) in [4.78, 5) is 0. The fourth-order valence-corrected chi connectivity index (χ4v) is 2.71. The highest BCUT2D eigenvalue weighted by molar-refractivity contribution is 5.61. The van der Waals surface area contributed by atoms with E-state index in [9.17, 15) is 0 Å².